The van der Waals surface area contributed by atoms with Crippen LogP contribution in [0.3, 0.4) is 0 Å². The number of guanidine groups is 1. The molecule has 0 fully saturated rings. The molecule has 2 aromatic rings. The number of rotatable bonds is 6. The van der Waals surface area contributed by atoms with Gasteiger partial charge in [0.25, 0.3) is 0 Å². The van der Waals surface area contributed by atoms with Crippen LogP contribution in [0.25, 0.3) is 0 Å². The SMILES string of the molecule is CCNC(=NCc1ccnc(OC)c1)NCc1nc(C)c(C)s1.I. The van der Waals surface area contributed by atoms with Gasteiger partial charge in [-0.1, -0.05) is 0 Å². The molecule has 0 bridgehead atoms. The quantitative estimate of drug-likeness (QED) is 0.393. The minimum atomic E-state index is 0. The van der Waals surface area contributed by atoms with Crippen molar-refractivity contribution in [1.82, 2.24) is 20.6 Å². The number of nitrogens with zero attached hydrogens (tertiary/aromatic N) is 3. The van der Waals surface area contributed by atoms with E-state index in [1.165, 1.54) is 4.88 Å². The minimum Gasteiger partial charge on any atom is -0.481 e. The van der Waals surface area contributed by atoms with Gasteiger partial charge in [0.1, 0.15) is 5.01 Å². The summed E-state index contributed by atoms with van der Waals surface area (Å²) in [5, 5.41) is 7.62. The molecule has 0 unspecified atom stereocenters. The number of nitrogens with one attached hydrogen (secondary N) is 2. The Morgan fingerprint density at radius 2 is 2.12 bits per heavy atom. The molecule has 0 amide bonds. The largest absolute Gasteiger partial charge is 0.481 e. The third kappa shape index (κ3) is 6.23. The van der Waals surface area contributed by atoms with Crippen LogP contribution in [0.4, 0.5) is 0 Å². The molecule has 2 rings (SSSR count). The van der Waals surface area contributed by atoms with Gasteiger partial charge in [-0.25, -0.2) is 15.0 Å². The average Bonchev–Trinajstić information content (AvgIpc) is 2.88. The van der Waals surface area contributed by atoms with E-state index in [2.05, 4.69) is 32.5 Å². The van der Waals surface area contributed by atoms with E-state index in [9.17, 15) is 0 Å². The third-order valence-electron chi connectivity index (χ3n) is 3.25. The highest BCUT2D eigenvalue weighted by Crippen LogP contribution is 2.16. The van der Waals surface area contributed by atoms with Crippen LogP contribution in [0.15, 0.2) is 23.3 Å². The highest BCUT2D eigenvalue weighted by Gasteiger charge is 2.05. The van der Waals surface area contributed by atoms with Crippen LogP contribution in [0.2, 0.25) is 0 Å². The Kier molecular flexibility index (Phi) is 8.98. The molecule has 0 saturated heterocycles. The van der Waals surface area contributed by atoms with Crippen molar-refractivity contribution in [3.63, 3.8) is 0 Å². The second kappa shape index (κ2) is 10.4. The van der Waals surface area contributed by atoms with Gasteiger partial charge >= 0.3 is 0 Å². The fourth-order valence-corrected chi connectivity index (χ4v) is 2.82. The van der Waals surface area contributed by atoms with E-state index in [1.54, 1.807) is 24.6 Å². The summed E-state index contributed by atoms with van der Waals surface area (Å²) in [6, 6.07) is 3.82. The van der Waals surface area contributed by atoms with Gasteiger partial charge in [0.05, 0.1) is 25.9 Å². The Hall–Kier alpha value is -1.42. The van der Waals surface area contributed by atoms with Crippen molar-refractivity contribution in [2.75, 3.05) is 13.7 Å². The fraction of sp³-hybridized carbons (Fsp3) is 0.438. The molecule has 0 aliphatic rings. The zero-order valence-electron chi connectivity index (χ0n) is 14.4. The number of aromatic nitrogens is 2. The molecule has 2 N–H and O–H groups in total. The van der Waals surface area contributed by atoms with Crippen molar-refractivity contribution in [2.24, 2.45) is 4.99 Å². The molecule has 0 aromatic carbocycles. The second-order valence-corrected chi connectivity index (χ2v) is 6.29. The van der Waals surface area contributed by atoms with E-state index in [0.717, 1.165) is 28.8 Å². The molecule has 8 heteroatoms. The zero-order valence-corrected chi connectivity index (χ0v) is 17.6. The Bertz CT molecular complexity index is 655. The summed E-state index contributed by atoms with van der Waals surface area (Å²) in [4.78, 5) is 14.5. The van der Waals surface area contributed by atoms with Gasteiger partial charge in [0.2, 0.25) is 5.88 Å². The summed E-state index contributed by atoms with van der Waals surface area (Å²) < 4.78 is 5.13. The molecule has 0 radical (unpaired) electrons. The first-order valence-electron chi connectivity index (χ1n) is 7.56. The lowest BCUT2D eigenvalue weighted by Gasteiger charge is -2.10. The van der Waals surface area contributed by atoms with Crippen molar-refractivity contribution in [2.45, 2.75) is 33.9 Å². The van der Waals surface area contributed by atoms with E-state index in [0.29, 0.717) is 19.0 Å². The van der Waals surface area contributed by atoms with Crippen LogP contribution in [0.5, 0.6) is 5.88 Å². The molecule has 0 aliphatic carbocycles. The average molecular weight is 461 g/mol. The van der Waals surface area contributed by atoms with Crippen molar-refractivity contribution in [3.05, 3.63) is 39.5 Å². The second-order valence-electron chi connectivity index (χ2n) is 5.00. The van der Waals surface area contributed by atoms with Crippen LogP contribution < -0.4 is 15.4 Å². The van der Waals surface area contributed by atoms with Crippen LogP contribution in [0, 0.1) is 13.8 Å². The molecule has 0 atom stereocenters. The number of hydrogen-bond donors (Lipinski definition) is 2. The first-order valence-corrected chi connectivity index (χ1v) is 8.38. The van der Waals surface area contributed by atoms with Gasteiger partial charge in [-0.05, 0) is 32.4 Å². The topological polar surface area (TPSA) is 71.4 Å². The molecule has 132 valence electrons. The molecule has 0 spiro atoms. The number of ether oxygens (including phenoxy) is 1. The van der Waals surface area contributed by atoms with E-state index in [1.807, 2.05) is 26.0 Å². The maximum absolute atomic E-state index is 5.13. The molecule has 24 heavy (non-hydrogen) atoms. The first kappa shape index (κ1) is 20.6. The van der Waals surface area contributed by atoms with Crippen molar-refractivity contribution >= 4 is 41.3 Å². The van der Waals surface area contributed by atoms with Gasteiger partial charge in [0, 0.05) is 23.7 Å². The molecular formula is C16H24IN5OS. The smallest absolute Gasteiger partial charge is 0.213 e. The Morgan fingerprint density at radius 3 is 2.75 bits per heavy atom. The van der Waals surface area contributed by atoms with E-state index >= 15 is 0 Å². The summed E-state index contributed by atoms with van der Waals surface area (Å²) in [6.45, 7) is 8.21. The fourth-order valence-electron chi connectivity index (χ4n) is 1.95. The maximum Gasteiger partial charge on any atom is 0.213 e. The maximum atomic E-state index is 5.13. The van der Waals surface area contributed by atoms with Crippen molar-refractivity contribution in [3.8, 4) is 5.88 Å². The van der Waals surface area contributed by atoms with Crippen LogP contribution in [-0.2, 0) is 13.1 Å². The summed E-state index contributed by atoms with van der Waals surface area (Å²) in [6.07, 6.45) is 1.73. The predicted octanol–water partition coefficient (Wildman–Crippen LogP) is 3.04. The summed E-state index contributed by atoms with van der Waals surface area (Å²) >= 11 is 1.71. The molecule has 0 aliphatic heterocycles. The monoisotopic (exact) mass is 461 g/mol. The van der Waals surface area contributed by atoms with E-state index < -0.39 is 0 Å². The van der Waals surface area contributed by atoms with Gasteiger partial charge in [0.15, 0.2) is 5.96 Å². The normalized spacial score (nSPS) is 10.9. The minimum absolute atomic E-state index is 0. The number of halogens is 1. The highest BCUT2D eigenvalue weighted by atomic mass is 127. The number of hydrogen-bond acceptors (Lipinski definition) is 5. The van der Waals surface area contributed by atoms with Gasteiger partial charge < -0.3 is 15.4 Å². The Morgan fingerprint density at radius 1 is 1.33 bits per heavy atom. The lowest BCUT2D eigenvalue weighted by atomic mass is 10.3. The first-order chi connectivity index (χ1) is 11.1. The zero-order chi connectivity index (χ0) is 16.7. The van der Waals surface area contributed by atoms with Gasteiger partial charge in [-0.3, -0.25) is 0 Å². The van der Waals surface area contributed by atoms with Gasteiger partial charge in [-0.15, -0.1) is 35.3 Å². The Labute approximate surface area is 164 Å². The predicted molar refractivity (Wildman–Crippen MR) is 109 cm³/mol. The molecule has 6 nitrogen and oxygen atoms in total. The molecular weight excluding hydrogens is 437 g/mol. The van der Waals surface area contributed by atoms with E-state index in [4.69, 9.17) is 4.74 Å². The van der Waals surface area contributed by atoms with Crippen LogP contribution >= 0.6 is 35.3 Å². The number of thiazole rings is 1. The third-order valence-corrected chi connectivity index (χ3v) is 4.33. The summed E-state index contributed by atoms with van der Waals surface area (Å²) in [5.74, 6) is 1.37. The Balaban J connectivity index is 0.00000288. The molecule has 2 heterocycles. The lowest BCUT2D eigenvalue weighted by molar-refractivity contribution is 0.397. The van der Waals surface area contributed by atoms with Crippen LogP contribution in [-0.4, -0.2) is 29.6 Å². The standard InChI is InChI=1S/C16H23N5OS.HI/c1-5-17-16(20-10-15-21-11(2)12(3)23-15)19-9-13-6-7-18-14(8-13)22-4;/h6-8H,5,9-10H2,1-4H3,(H2,17,19,20);1H. The molecule has 0 saturated carbocycles. The summed E-state index contributed by atoms with van der Waals surface area (Å²) in [7, 11) is 1.61. The number of pyridine rings is 1. The number of methoxy groups -OCH3 is 1. The highest BCUT2D eigenvalue weighted by molar-refractivity contribution is 14.0. The van der Waals surface area contributed by atoms with E-state index in [-0.39, 0.29) is 24.0 Å². The lowest BCUT2D eigenvalue weighted by Crippen LogP contribution is -2.36. The van der Waals surface area contributed by atoms with Crippen molar-refractivity contribution in [1.29, 1.82) is 0 Å². The van der Waals surface area contributed by atoms with Crippen LogP contribution in [0.1, 0.15) is 28.1 Å². The molecule has 2 aromatic heterocycles. The van der Waals surface area contributed by atoms with Crippen molar-refractivity contribution < 1.29 is 4.74 Å². The summed E-state index contributed by atoms with van der Waals surface area (Å²) in [5.41, 5.74) is 2.15. The number of aliphatic imine (C=N–C) groups is 1. The van der Waals surface area contributed by atoms with Gasteiger partial charge in [-0.2, -0.15) is 0 Å². The number of aryl methyl sites for hydroxylation is 2.